The summed E-state index contributed by atoms with van der Waals surface area (Å²) >= 11 is 0. The van der Waals surface area contributed by atoms with Crippen molar-refractivity contribution < 1.29 is 23.8 Å². The predicted molar refractivity (Wildman–Crippen MR) is 130 cm³/mol. The van der Waals surface area contributed by atoms with Crippen molar-refractivity contribution in [1.82, 2.24) is 15.5 Å². The normalized spacial score (nSPS) is 16.2. The van der Waals surface area contributed by atoms with E-state index in [1.807, 2.05) is 26.0 Å². The molecule has 34 heavy (non-hydrogen) atoms. The van der Waals surface area contributed by atoms with Crippen LogP contribution in [0.25, 0.3) is 0 Å². The van der Waals surface area contributed by atoms with Gasteiger partial charge >= 0.3 is 0 Å². The van der Waals surface area contributed by atoms with Gasteiger partial charge in [-0.25, -0.2) is 0 Å². The first-order valence-electron chi connectivity index (χ1n) is 11.6. The number of carbonyl (C=O) groups excluding carboxylic acids is 2. The minimum atomic E-state index is -0.218. The smallest absolute Gasteiger partial charge is 0.258 e. The van der Waals surface area contributed by atoms with Crippen LogP contribution in [0.3, 0.4) is 0 Å². The molecule has 0 spiro atoms. The van der Waals surface area contributed by atoms with Gasteiger partial charge in [0.25, 0.3) is 11.8 Å². The van der Waals surface area contributed by atoms with Crippen molar-refractivity contribution in [3.8, 4) is 11.5 Å². The fourth-order valence-electron chi connectivity index (χ4n) is 3.85. The zero-order valence-corrected chi connectivity index (χ0v) is 20.4. The molecule has 8 nitrogen and oxygen atoms in total. The van der Waals surface area contributed by atoms with Gasteiger partial charge < -0.3 is 24.8 Å². The first kappa shape index (κ1) is 25.5. The number of amides is 2. The van der Waals surface area contributed by atoms with Crippen LogP contribution < -0.4 is 20.1 Å². The highest BCUT2D eigenvalue weighted by Gasteiger charge is 2.17. The molecule has 3 rings (SSSR count). The van der Waals surface area contributed by atoms with Gasteiger partial charge in [0.2, 0.25) is 0 Å². The highest BCUT2D eigenvalue weighted by molar-refractivity contribution is 5.94. The second kappa shape index (κ2) is 12.4. The van der Waals surface area contributed by atoms with E-state index in [9.17, 15) is 9.59 Å². The third-order valence-electron chi connectivity index (χ3n) is 5.41. The Morgan fingerprint density at radius 3 is 2.68 bits per heavy atom. The highest BCUT2D eigenvalue weighted by atomic mass is 16.5. The van der Waals surface area contributed by atoms with Crippen LogP contribution in [0, 0.1) is 0 Å². The number of methoxy groups -OCH3 is 1. The van der Waals surface area contributed by atoms with Gasteiger partial charge in [-0.15, -0.1) is 0 Å². The predicted octanol–water partition coefficient (Wildman–Crippen LogP) is 2.75. The van der Waals surface area contributed by atoms with Crippen LogP contribution in [0.15, 0.2) is 42.5 Å². The van der Waals surface area contributed by atoms with Crippen LogP contribution in [0.4, 0.5) is 0 Å². The van der Waals surface area contributed by atoms with Gasteiger partial charge in [0.05, 0.1) is 19.8 Å². The van der Waals surface area contributed by atoms with E-state index in [4.69, 9.17) is 14.2 Å². The Labute approximate surface area is 201 Å². The van der Waals surface area contributed by atoms with Gasteiger partial charge in [0.15, 0.2) is 18.1 Å². The number of morpholine rings is 1. The van der Waals surface area contributed by atoms with Gasteiger partial charge in [-0.2, -0.15) is 0 Å². The number of nitrogens with one attached hydrogen (secondary N) is 2. The number of rotatable bonds is 10. The topological polar surface area (TPSA) is 89.1 Å². The van der Waals surface area contributed by atoms with E-state index in [1.165, 1.54) is 12.7 Å². The van der Waals surface area contributed by atoms with Crippen LogP contribution in [0.1, 0.15) is 42.3 Å². The van der Waals surface area contributed by atoms with Gasteiger partial charge in [0.1, 0.15) is 0 Å². The third-order valence-corrected chi connectivity index (χ3v) is 5.41. The summed E-state index contributed by atoms with van der Waals surface area (Å²) in [5, 5.41) is 5.73. The molecule has 8 heteroatoms. The van der Waals surface area contributed by atoms with E-state index >= 15 is 0 Å². The number of nitrogens with zero attached hydrogens (tertiary/aromatic N) is 1. The number of hydrogen-bond donors (Lipinski definition) is 2. The van der Waals surface area contributed by atoms with E-state index in [1.54, 1.807) is 18.2 Å². The SMILES string of the molecule is COc1cc(C(=O)NCc2cccc(CN3CCOC(C)C3)c2)ccc1OCC(=O)NC(C)C. The lowest BCUT2D eigenvalue weighted by Crippen LogP contribution is -2.40. The fraction of sp³-hybridized carbons (Fsp3) is 0.462. The summed E-state index contributed by atoms with van der Waals surface area (Å²) in [5.74, 6) is 0.369. The minimum absolute atomic E-state index is 0.0350. The zero-order chi connectivity index (χ0) is 24.5. The molecule has 2 aromatic rings. The zero-order valence-electron chi connectivity index (χ0n) is 20.4. The fourth-order valence-corrected chi connectivity index (χ4v) is 3.85. The average molecular weight is 470 g/mol. The molecular weight excluding hydrogens is 434 g/mol. The van der Waals surface area contributed by atoms with Crippen molar-refractivity contribution in [3.63, 3.8) is 0 Å². The summed E-state index contributed by atoms with van der Waals surface area (Å²) in [5.41, 5.74) is 2.70. The molecule has 0 saturated carbocycles. The average Bonchev–Trinajstić information content (AvgIpc) is 2.81. The van der Waals surface area contributed by atoms with E-state index in [2.05, 4.69) is 34.6 Å². The van der Waals surface area contributed by atoms with Crippen LogP contribution in [0.2, 0.25) is 0 Å². The molecule has 1 unspecified atom stereocenters. The van der Waals surface area contributed by atoms with Gasteiger partial charge in [-0.05, 0) is 50.1 Å². The molecular formula is C26H35N3O5. The molecule has 0 aromatic heterocycles. The van der Waals surface area contributed by atoms with Gasteiger partial charge in [0, 0.05) is 37.8 Å². The lowest BCUT2D eigenvalue weighted by Gasteiger charge is -2.31. The quantitative estimate of drug-likeness (QED) is 0.556. The van der Waals surface area contributed by atoms with E-state index in [0.717, 1.165) is 31.8 Å². The summed E-state index contributed by atoms with van der Waals surface area (Å²) in [4.78, 5) is 26.9. The summed E-state index contributed by atoms with van der Waals surface area (Å²) in [6.45, 7) is 9.62. The van der Waals surface area contributed by atoms with Gasteiger partial charge in [-0.1, -0.05) is 24.3 Å². The lowest BCUT2D eigenvalue weighted by atomic mass is 10.1. The Kier molecular flexibility index (Phi) is 9.30. The van der Waals surface area contributed by atoms with Crippen LogP contribution in [0.5, 0.6) is 11.5 Å². The molecule has 2 aromatic carbocycles. The largest absolute Gasteiger partial charge is 0.493 e. The van der Waals surface area contributed by atoms with E-state index in [-0.39, 0.29) is 30.6 Å². The van der Waals surface area contributed by atoms with E-state index in [0.29, 0.717) is 23.6 Å². The molecule has 1 saturated heterocycles. The van der Waals surface area contributed by atoms with Crippen molar-refractivity contribution in [2.75, 3.05) is 33.4 Å². The summed E-state index contributed by atoms with van der Waals surface area (Å²) in [7, 11) is 1.50. The van der Waals surface area contributed by atoms with Crippen LogP contribution in [-0.2, 0) is 22.6 Å². The Morgan fingerprint density at radius 1 is 1.15 bits per heavy atom. The Bertz CT molecular complexity index is 979. The minimum Gasteiger partial charge on any atom is -0.493 e. The second-order valence-electron chi connectivity index (χ2n) is 8.80. The Morgan fingerprint density at radius 2 is 1.94 bits per heavy atom. The molecule has 2 N–H and O–H groups in total. The number of ether oxygens (including phenoxy) is 3. The summed E-state index contributed by atoms with van der Waals surface area (Å²) in [6, 6.07) is 13.2. The van der Waals surface area contributed by atoms with E-state index < -0.39 is 0 Å². The lowest BCUT2D eigenvalue weighted by molar-refractivity contribution is -0.123. The standard InChI is InChI=1S/C26H35N3O5/c1-18(2)28-25(30)17-34-23-9-8-22(13-24(23)32-4)26(31)27-14-20-6-5-7-21(12-20)16-29-10-11-33-19(3)15-29/h5-9,12-13,18-19H,10-11,14-17H2,1-4H3,(H,27,31)(H,28,30). The number of hydrogen-bond acceptors (Lipinski definition) is 6. The second-order valence-corrected chi connectivity index (χ2v) is 8.80. The van der Waals surface area contributed by atoms with Crippen molar-refractivity contribution in [2.24, 2.45) is 0 Å². The molecule has 0 bridgehead atoms. The number of carbonyl (C=O) groups is 2. The maximum absolute atomic E-state index is 12.7. The maximum atomic E-state index is 12.7. The van der Waals surface area contributed by atoms with Crippen LogP contribution >= 0.6 is 0 Å². The van der Waals surface area contributed by atoms with Crippen molar-refractivity contribution in [2.45, 2.75) is 46.0 Å². The monoisotopic (exact) mass is 469 g/mol. The molecule has 1 atom stereocenters. The first-order chi connectivity index (χ1) is 16.3. The molecule has 1 aliphatic heterocycles. The van der Waals surface area contributed by atoms with Crippen LogP contribution in [-0.4, -0.2) is 62.3 Å². The van der Waals surface area contributed by atoms with Crippen molar-refractivity contribution >= 4 is 11.8 Å². The Balaban J connectivity index is 1.55. The summed E-state index contributed by atoms with van der Waals surface area (Å²) < 4.78 is 16.5. The molecule has 0 radical (unpaired) electrons. The Hall–Kier alpha value is -3.10. The third kappa shape index (κ3) is 7.74. The van der Waals surface area contributed by atoms with Crippen molar-refractivity contribution in [3.05, 3.63) is 59.2 Å². The molecule has 1 fully saturated rings. The van der Waals surface area contributed by atoms with Gasteiger partial charge in [-0.3, -0.25) is 14.5 Å². The molecule has 1 heterocycles. The summed E-state index contributed by atoms with van der Waals surface area (Å²) in [6.07, 6.45) is 0.252. The molecule has 2 amide bonds. The molecule has 0 aliphatic carbocycles. The highest BCUT2D eigenvalue weighted by Crippen LogP contribution is 2.28. The molecule has 184 valence electrons. The molecule has 1 aliphatic rings. The van der Waals surface area contributed by atoms with Crippen molar-refractivity contribution in [1.29, 1.82) is 0 Å². The maximum Gasteiger partial charge on any atom is 0.258 e. The number of benzene rings is 2. The first-order valence-corrected chi connectivity index (χ1v) is 11.6.